The number of benzene rings is 1. The highest BCUT2D eigenvalue weighted by Crippen LogP contribution is 2.33. The molecule has 0 radical (unpaired) electrons. The topological polar surface area (TPSA) is 30.5 Å². The van der Waals surface area contributed by atoms with Gasteiger partial charge in [-0.3, -0.25) is 0 Å². The second-order valence-electron chi connectivity index (χ2n) is 4.16. The van der Waals surface area contributed by atoms with Crippen molar-refractivity contribution >= 4 is 15.9 Å². The Balaban J connectivity index is 2.78. The molecule has 0 atom stereocenters. The van der Waals surface area contributed by atoms with E-state index in [1.54, 1.807) is 14.2 Å². The van der Waals surface area contributed by atoms with E-state index in [0.717, 1.165) is 28.9 Å². The van der Waals surface area contributed by atoms with Crippen LogP contribution in [0.25, 0.3) is 0 Å². The molecule has 0 unspecified atom stereocenters. The van der Waals surface area contributed by atoms with Gasteiger partial charge in [-0.25, -0.2) is 0 Å². The zero-order chi connectivity index (χ0) is 12.8. The fourth-order valence-corrected chi connectivity index (χ4v) is 2.10. The summed E-state index contributed by atoms with van der Waals surface area (Å²) in [5.41, 5.74) is 1.22. The standard InChI is InChI=1S/C13H20BrNO2/c1-9(2)15-6-5-10-7-12(16-3)13(17-4)8-11(10)14/h7-9,15H,5-6H2,1-4H3. The molecule has 0 aliphatic rings. The number of nitrogens with one attached hydrogen (secondary N) is 1. The first kappa shape index (κ1) is 14.3. The quantitative estimate of drug-likeness (QED) is 0.876. The molecule has 96 valence electrons. The third-order valence-electron chi connectivity index (χ3n) is 2.50. The van der Waals surface area contributed by atoms with Crippen LogP contribution in [0.15, 0.2) is 16.6 Å². The lowest BCUT2D eigenvalue weighted by Crippen LogP contribution is -2.25. The molecule has 0 aliphatic carbocycles. The summed E-state index contributed by atoms with van der Waals surface area (Å²) < 4.78 is 11.6. The molecule has 1 N–H and O–H groups in total. The van der Waals surface area contributed by atoms with Gasteiger partial charge in [-0.05, 0) is 30.7 Å². The maximum atomic E-state index is 5.29. The van der Waals surface area contributed by atoms with Crippen LogP contribution in [0.4, 0.5) is 0 Å². The summed E-state index contributed by atoms with van der Waals surface area (Å²) in [5, 5.41) is 3.39. The minimum absolute atomic E-state index is 0.508. The van der Waals surface area contributed by atoms with Crippen LogP contribution < -0.4 is 14.8 Å². The van der Waals surface area contributed by atoms with E-state index in [0.29, 0.717) is 6.04 Å². The summed E-state index contributed by atoms with van der Waals surface area (Å²) in [5.74, 6) is 1.52. The first-order chi connectivity index (χ1) is 8.08. The van der Waals surface area contributed by atoms with Gasteiger partial charge >= 0.3 is 0 Å². The molecule has 4 heteroatoms. The summed E-state index contributed by atoms with van der Waals surface area (Å²) in [6.45, 7) is 5.24. The molecule has 0 heterocycles. The van der Waals surface area contributed by atoms with Gasteiger partial charge in [-0.15, -0.1) is 0 Å². The number of hydrogen-bond acceptors (Lipinski definition) is 3. The van der Waals surface area contributed by atoms with Crippen molar-refractivity contribution in [3.05, 3.63) is 22.2 Å². The molecule has 0 amide bonds. The van der Waals surface area contributed by atoms with Crippen molar-refractivity contribution in [1.29, 1.82) is 0 Å². The molecule has 0 saturated carbocycles. The summed E-state index contributed by atoms with van der Waals surface area (Å²) in [4.78, 5) is 0. The van der Waals surface area contributed by atoms with Crippen LogP contribution in [0.2, 0.25) is 0 Å². The smallest absolute Gasteiger partial charge is 0.161 e. The number of ether oxygens (including phenoxy) is 2. The largest absolute Gasteiger partial charge is 0.493 e. The Bertz CT molecular complexity index is 367. The Morgan fingerprint density at radius 2 is 1.76 bits per heavy atom. The van der Waals surface area contributed by atoms with E-state index in [1.165, 1.54) is 5.56 Å². The van der Waals surface area contributed by atoms with E-state index in [2.05, 4.69) is 35.1 Å². The fourth-order valence-electron chi connectivity index (χ4n) is 1.58. The van der Waals surface area contributed by atoms with E-state index in [4.69, 9.17) is 9.47 Å². The third-order valence-corrected chi connectivity index (χ3v) is 3.24. The van der Waals surface area contributed by atoms with E-state index in [-0.39, 0.29) is 0 Å². The van der Waals surface area contributed by atoms with Crippen LogP contribution in [0.3, 0.4) is 0 Å². The van der Waals surface area contributed by atoms with Gasteiger partial charge in [0.2, 0.25) is 0 Å². The molecule has 0 fully saturated rings. The third kappa shape index (κ3) is 4.21. The van der Waals surface area contributed by atoms with Crippen LogP contribution in [-0.4, -0.2) is 26.8 Å². The molecule has 1 rings (SSSR count). The van der Waals surface area contributed by atoms with Gasteiger partial charge in [0.25, 0.3) is 0 Å². The zero-order valence-corrected chi connectivity index (χ0v) is 12.4. The molecule has 0 spiro atoms. The maximum Gasteiger partial charge on any atom is 0.161 e. The van der Waals surface area contributed by atoms with Gasteiger partial charge in [0.05, 0.1) is 14.2 Å². The number of halogens is 1. The molecule has 1 aromatic carbocycles. The minimum atomic E-state index is 0.508. The molecule has 0 aliphatic heterocycles. The Morgan fingerprint density at radius 3 is 2.29 bits per heavy atom. The molecule has 0 aromatic heterocycles. The van der Waals surface area contributed by atoms with E-state index >= 15 is 0 Å². The summed E-state index contributed by atoms with van der Waals surface area (Å²) >= 11 is 3.56. The lowest BCUT2D eigenvalue weighted by atomic mass is 10.1. The first-order valence-corrected chi connectivity index (χ1v) is 6.51. The normalized spacial score (nSPS) is 10.7. The summed E-state index contributed by atoms with van der Waals surface area (Å²) in [6, 6.07) is 4.47. The van der Waals surface area contributed by atoms with E-state index in [1.807, 2.05) is 12.1 Å². The van der Waals surface area contributed by atoms with Gasteiger partial charge in [0.15, 0.2) is 11.5 Å². The van der Waals surface area contributed by atoms with Gasteiger partial charge in [-0.1, -0.05) is 29.8 Å². The fraction of sp³-hybridized carbons (Fsp3) is 0.538. The van der Waals surface area contributed by atoms with Crippen molar-refractivity contribution in [3.63, 3.8) is 0 Å². The average Bonchev–Trinajstić information content (AvgIpc) is 2.30. The summed E-state index contributed by atoms with van der Waals surface area (Å²) in [6.07, 6.45) is 0.957. The molecule has 0 bridgehead atoms. The molecule has 0 saturated heterocycles. The predicted molar refractivity (Wildman–Crippen MR) is 74.1 cm³/mol. The molecule has 17 heavy (non-hydrogen) atoms. The number of methoxy groups -OCH3 is 2. The van der Waals surface area contributed by atoms with Crippen molar-refractivity contribution in [2.75, 3.05) is 20.8 Å². The lowest BCUT2D eigenvalue weighted by Gasteiger charge is -2.13. The average molecular weight is 302 g/mol. The maximum absolute atomic E-state index is 5.29. The van der Waals surface area contributed by atoms with E-state index in [9.17, 15) is 0 Å². The lowest BCUT2D eigenvalue weighted by molar-refractivity contribution is 0.354. The van der Waals surface area contributed by atoms with Crippen molar-refractivity contribution < 1.29 is 9.47 Å². The van der Waals surface area contributed by atoms with Gasteiger partial charge in [0.1, 0.15) is 0 Å². The summed E-state index contributed by atoms with van der Waals surface area (Å²) in [7, 11) is 3.30. The Labute approximate surface area is 112 Å². The van der Waals surface area contributed by atoms with Crippen LogP contribution in [0.5, 0.6) is 11.5 Å². The highest BCUT2D eigenvalue weighted by Gasteiger charge is 2.09. The monoisotopic (exact) mass is 301 g/mol. The van der Waals surface area contributed by atoms with Crippen molar-refractivity contribution in [2.45, 2.75) is 26.3 Å². The second kappa shape index (κ2) is 6.87. The molecular formula is C13H20BrNO2. The van der Waals surface area contributed by atoms with Crippen molar-refractivity contribution in [1.82, 2.24) is 5.32 Å². The van der Waals surface area contributed by atoms with Gasteiger partial charge in [-0.2, -0.15) is 0 Å². The highest BCUT2D eigenvalue weighted by molar-refractivity contribution is 9.10. The van der Waals surface area contributed by atoms with Crippen molar-refractivity contribution in [2.24, 2.45) is 0 Å². The SMILES string of the molecule is COc1cc(Br)c(CCNC(C)C)cc1OC. The number of hydrogen-bond donors (Lipinski definition) is 1. The van der Waals surface area contributed by atoms with Crippen LogP contribution in [0.1, 0.15) is 19.4 Å². The van der Waals surface area contributed by atoms with Gasteiger partial charge in [0, 0.05) is 10.5 Å². The van der Waals surface area contributed by atoms with Crippen LogP contribution in [0, 0.1) is 0 Å². The Kier molecular flexibility index (Phi) is 5.78. The van der Waals surface area contributed by atoms with Crippen LogP contribution in [-0.2, 0) is 6.42 Å². The van der Waals surface area contributed by atoms with Crippen molar-refractivity contribution in [3.8, 4) is 11.5 Å². The molecular weight excluding hydrogens is 282 g/mol. The Hall–Kier alpha value is -0.740. The predicted octanol–water partition coefficient (Wildman–Crippen LogP) is 3.01. The second-order valence-corrected chi connectivity index (χ2v) is 5.01. The number of rotatable bonds is 6. The molecule has 1 aromatic rings. The minimum Gasteiger partial charge on any atom is -0.493 e. The molecule has 3 nitrogen and oxygen atoms in total. The Morgan fingerprint density at radius 1 is 1.18 bits per heavy atom. The van der Waals surface area contributed by atoms with Crippen LogP contribution >= 0.6 is 15.9 Å². The van der Waals surface area contributed by atoms with Gasteiger partial charge < -0.3 is 14.8 Å². The van der Waals surface area contributed by atoms with E-state index < -0.39 is 0 Å². The first-order valence-electron chi connectivity index (χ1n) is 5.72. The zero-order valence-electron chi connectivity index (χ0n) is 10.8. The highest BCUT2D eigenvalue weighted by atomic mass is 79.9.